The van der Waals surface area contributed by atoms with Gasteiger partial charge in [0, 0.05) is 33.5 Å². The lowest BCUT2D eigenvalue weighted by atomic mass is 9.67. The molecule has 0 saturated heterocycles. The molecule has 0 saturated carbocycles. The van der Waals surface area contributed by atoms with Gasteiger partial charge in [-0.25, -0.2) is 0 Å². The van der Waals surface area contributed by atoms with Gasteiger partial charge in [-0.1, -0.05) is 177 Å². The fourth-order valence-electron chi connectivity index (χ4n) is 11.6. The van der Waals surface area contributed by atoms with E-state index in [1.807, 2.05) is 54.6 Å². The maximum absolute atomic E-state index is 14.2. The number of ether oxygens (including phenoxy) is 1. The van der Waals surface area contributed by atoms with Gasteiger partial charge in [0.2, 0.25) is 0 Å². The number of rotatable bonds is 12. The van der Waals surface area contributed by atoms with E-state index in [0.29, 0.717) is 11.4 Å². The van der Waals surface area contributed by atoms with Gasteiger partial charge >= 0.3 is 6.18 Å². The molecular formula is C72H49F3N2O. The summed E-state index contributed by atoms with van der Waals surface area (Å²) in [4.78, 5) is 2.05. The number of nitrogens with zero attached hydrogens (tertiary/aromatic N) is 2. The van der Waals surface area contributed by atoms with Crippen molar-refractivity contribution in [1.29, 1.82) is 0 Å². The molecule has 11 aromatic carbocycles. The van der Waals surface area contributed by atoms with Crippen LogP contribution in [0.15, 0.2) is 274 Å². The third kappa shape index (κ3) is 8.26. The van der Waals surface area contributed by atoms with Crippen LogP contribution in [0.25, 0.3) is 73.0 Å². The van der Waals surface area contributed by atoms with Gasteiger partial charge in [-0.15, -0.1) is 0 Å². The molecule has 13 rings (SSSR count). The van der Waals surface area contributed by atoms with Gasteiger partial charge in [-0.2, -0.15) is 13.2 Å². The molecule has 1 unspecified atom stereocenters. The highest BCUT2D eigenvalue weighted by atomic mass is 19.4. The van der Waals surface area contributed by atoms with Gasteiger partial charge < -0.3 is 14.2 Å². The summed E-state index contributed by atoms with van der Waals surface area (Å²) in [5.74, 6) is 1.42. The van der Waals surface area contributed by atoms with Crippen molar-refractivity contribution in [2.24, 2.45) is 0 Å². The maximum Gasteiger partial charge on any atom is 0.416 e. The average Bonchev–Trinajstić information content (AvgIpc) is 4.19. The Hall–Kier alpha value is -9.91. The van der Waals surface area contributed by atoms with Crippen LogP contribution in [0.4, 0.5) is 30.2 Å². The van der Waals surface area contributed by atoms with Crippen molar-refractivity contribution in [1.82, 2.24) is 4.57 Å². The summed E-state index contributed by atoms with van der Waals surface area (Å²) in [6.07, 6.45) is -0.839. The first-order valence-electron chi connectivity index (χ1n) is 25.9. The molecule has 0 bridgehead atoms. The van der Waals surface area contributed by atoms with E-state index in [1.54, 1.807) is 18.2 Å². The summed E-state index contributed by atoms with van der Waals surface area (Å²) in [5.41, 5.74) is 16.8. The van der Waals surface area contributed by atoms with Crippen LogP contribution < -0.4 is 9.64 Å². The Labute approximate surface area is 451 Å². The first-order valence-corrected chi connectivity index (χ1v) is 25.9. The van der Waals surface area contributed by atoms with Crippen LogP contribution in [0, 0.1) is 0 Å². The second-order valence-corrected chi connectivity index (χ2v) is 19.7. The Balaban J connectivity index is 0.936. The third-order valence-corrected chi connectivity index (χ3v) is 15.3. The van der Waals surface area contributed by atoms with E-state index >= 15 is 0 Å². The monoisotopic (exact) mass is 1010 g/mol. The SMILES string of the molecule is C=Cc1ccc(Oc2ccc(C3(c4ccccc4)c4ccccc4-c4ccc(N(c5ccc(-c6ccc7c(c6)c6cc(-c8ccc(C=C)cc8)ccc6n7-c6ccccc6)cc5)c5ccc(C(F)(F)F)cc5)cc43)cc2)cc1. The molecule has 1 aliphatic carbocycles. The zero-order chi connectivity index (χ0) is 53.0. The first-order chi connectivity index (χ1) is 38.2. The van der Waals surface area contributed by atoms with Crippen molar-refractivity contribution < 1.29 is 17.9 Å². The Kier molecular flexibility index (Phi) is 11.8. The van der Waals surface area contributed by atoms with E-state index < -0.39 is 17.2 Å². The zero-order valence-electron chi connectivity index (χ0n) is 42.3. The van der Waals surface area contributed by atoms with Crippen molar-refractivity contribution in [3.8, 4) is 50.6 Å². The number of aromatic nitrogens is 1. The van der Waals surface area contributed by atoms with E-state index in [-0.39, 0.29) is 0 Å². The molecule has 374 valence electrons. The van der Waals surface area contributed by atoms with E-state index in [1.165, 1.54) is 0 Å². The largest absolute Gasteiger partial charge is 0.457 e. The van der Waals surface area contributed by atoms with Crippen LogP contribution in [-0.4, -0.2) is 4.57 Å². The standard InChI is InChI=1S/C72H49F3N2O/c1-3-48-19-23-50(24-20-48)52-27-43-69-65(45-52)66-46-53(28-44-70(66)77(69)57-15-9-6-10-16-57)51-25-33-58(34-26-51)76(59-35-29-56(30-36-59)72(73,74)75)60-37-42-64-63-17-11-12-18-67(63)71(68(64)47-60,54-13-7-5-8-14-54)55-31-40-62(41-32-55)78-61-38-21-49(4-2)22-39-61/h3-47H,1-2H2. The number of para-hydroxylation sites is 1. The Bertz CT molecular complexity index is 4200. The Morgan fingerprint density at radius 3 is 1.45 bits per heavy atom. The molecule has 0 fully saturated rings. The highest BCUT2D eigenvalue weighted by molar-refractivity contribution is 6.11. The molecule has 0 N–H and O–H groups in total. The zero-order valence-corrected chi connectivity index (χ0v) is 42.3. The minimum atomic E-state index is -4.50. The van der Waals surface area contributed by atoms with Crippen molar-refractivity contribution in [2.45, 2.75) is 11.6 Å². The molecular weight excluding hydrogens is 966 g/mol. The Morgan fingerprint density at radius 1 is 0.410 bits per heavy atom. The molecule has 78 heavy (non-hydrogen) atoms. The molecule has 0 amide bonds. The molecule has 1 aliphatic rings. The van der Waals surface area contributed by atoms with Crippen LogP contribution >= 0.6 is 0 Å². The average molecular weight is 1020 g/mol. The number of alkyl halides is 3. The molecule has 0 aliphatic heterocycles. The predicted octanol–water partition coefficient (Wildman–Crippen LogP) is 20.0. The summed E-state index contributed by atoms with van der Waals surface area (Å²) in [6.45, 7) is 7.81. The molecule has 12 aromatic rings. The molecule has 0 radical (unpaired) electrons. The molecule has 1 aromatic heterocycles. The lowest BCUT2D eigenvalue weighted by Gasteiger charge is -2.35. The van der Waals surface area contributed by atoms with Crippen molar-refractivity contribution in [3.63, 3.8) is 0 Å². The topological polar surface area (TPSA) is 17.4 Å². The molecule has 1 heterocycles. The summed E-state index contributed by atoms with van der Waals surface area (Å²) in [5, 5.41) is 2.25. The summed E-state index contributed by atoms with van der Waals surface area (Å²) in [7, 11) is 0. The van der Waals surface area contributed by atoms with E-state index in [2.05, 4.69) is 211 Å². The minimum absolute atomic E-state index is 0.587. The number of fused-ring (bicyclic) bond motifs is 6. The van der Waals surface area contributed by atoms with Crippen LogP contribution in [0.2, 0.25) is 0 Å². The molecule has 1 atom stereocenters. The summed E-state index contributed by atoms with van der Waals surface area (Å²) < 4.78 is 51.2. The van der Waals surface area contributed by atoms with Gasteiger partial charge in [-0.3, -0.25) is 0 Å². The van der Waals surface area contributed by atoms with Crippen LogP contribution in [0.5, 0.6) is 11.5 Å². The maximum atomic E-state index is 14.2. The van der Waals surface area contributed by atoms with Crippen molar-refractivity contribution in [2.75, 3.05) is 4.90 Å². The number of anilines is 3. The van der Waals surface area contributed by atoms with E-state index in [9.17, 15) is 13.2 Å². The normalized spacial score (nSPS) is 13.7. The second-order valence-electron chi connectivity index (χ2n) is 19.7. The summed E-state index contributed by atoms with van der Waals surface area (Å²) in [6, 6.07) is 87.6. The lowest BCUT2D eigenvalue weighted by Crippen LogP contribution is -2.28. The van der Waals surface area contributed by atoms with Gasteiger partial charge in [-0.05, 0) is 176 Å². The number of hydrogen-bond acceptors (Lipinski definition) is 2. The minimum Gasteiger partial charge on any atom is -0.457 e. The predicted molar refractivity (Wildman–Crippen MR) is 315 cm³/mol. The number of hydrogen-bond donors (Lipinski definition) is 0. The van der Waals surface area contributed by atoms with Gasteiger partial charge in [0.05, 0.1) is 22.0 Å². The fraction of sp³-hybridized carbons (Fsp3) is 0.0278. The van der Waals surface area contributed by atoms with E-state index in [4.69, 9.17) is 4.74 Å². The van der Waals surface area contributed by atoms with Crippen LogP contribution in [0.3, 0.4) is 0 Å². The Morgan fingerprint density at radius 2 is 0.872 bits per heavy atom. The lowest BCUT2D eigenvalue weighted by molar-refractivity contribution is -0.137. The highest BCUT2D eigenvalue weighted by Gasteiger charge is 2.46. The third-order valence-electron chi connectivity index (χ3n) is 15.3. The number of benzene rings is 11. The van der Waals surface area contributed by atoms with Crippen molar-refractivity contribution in [3.05, 3.63) is 313 Å². The molecule has 0 spiro atoms. The highest BCUT2D eigenvalue weighted by Crippen LogP contribution is 2.57. The van der Waals surface area contributed by atoms with Gasteiger partial charge in [0.25, 0.3) is 0 Å². The molecule has 6 heteroatoms. The summed E-state index contributed by atoms with van der Waals surface area (Å²) >= 11 is 0. The fourth-order valence-corrected chi connectivity index (χ4v) is 11.6. The second kappa shape index (κ2) is 19.3. The quantitative estimate of drug-likeness (QED) is 0.121. The molecule has 3 nitrogen and oxygen atoms in total. The van der Waals surface area contributed by atoms with Crippen molar-refractivity contribution >= 4 is 51.0 Å². The number of halogens is 3. The van der Waals surface area contributed by atoms with Crippen LogP contribution in [0.1, 0.15) is 38.9 Å². The van der Waals surface area contributed by atoms with Crippen LogP contribution in [-0.2, 0) is 11.6 Å². The van der Waals surface area contributed by atoms with Gasteiger partial charge in [0.1, 0.15) is 11.5 Å². The smallest absolute Gasteiger partial charge is 0.416 e. The first kappa shape index (κ1) is 47.8. The van der Waals surface area contributed by atoms with Gasteiger partial charge in [0.15, 0.2) is 0 Å². The van der Waals surface area contributed by atoms with E-state index in [0.717, 1.165) is 124 Å².